The van der Waals surface area contributed by atoms with E-state index in [-0.39, 0.29) is 11.3 Å². The Morgan fingerprint density at radius 2 is 1.93 bits per heavy atom. The Hall–Kier alpha value is -1.77. The van der Waals surface area contributed by atoms with Crippen LogP contribution in [0.15, 0.2) is 17.7 Å². The van der Waals surface area contributed by atoms with Crippen LogP contribution in [0.4, 0.5) is 0 Å². The van der Waals surface area contributed by atoms with Crippen molar-refractivity contribution in [1.29, 1.82) is 0 Å². The van der Waals surface area contributed by atoms with Crippen LogP contribution in [0.2, 0.25) is 0 Å². The van der Waals surface area contributed by atoms with Gasteiger partial charge >= 0.3 is 5.97 Å². The Kier molecular flexibility index (Phi) is 3.14. The molecule has 1 rings (SSSR count). The predicted octanol–water partition coefficient (Wildman–Crippen LogP) is 2.50. The number of aliphatic carboxylic acids is 1. The largest absolute Gasteiger partial charge is 0.507 e. The minimum Gasteiger partial charge on any atom is -0.507 e. The zero-order valence-corrected chi connectivity index (χ0v) is 9.03. The molecular weight excluding hydrogens is 192 g/mol. The van der Waals surface area contributed by atoms with Crippen LogP contribution in [0.3, 0.4) is 0 Å². The van der Waals surface area contributed by atoms with Crippen LogP contribution >= 0.6 is 0 Å². The highest BCUT2D eigenvalue weighted by Gasteiger charge is 2.06. The zero-order chi connectivity index (χ0) is 11.6. The fourth-order valence-electron chi connectivity index (χ4n) is 1.40. The summed E-state index contributed by atoms with van der Waals surface area (Å²) in [5.74, 6) is -0.838. The summed E-state index contributed by atoms with van der Waals surface area (Å²) in [7, 11) is 0. The molecule has 3 nitrogen and oxygen atoms in total. The molecule has 0 atom stereocenters. The maximum Gasteiger partial charge on any atom is 0.331 e. The van der Waals surface area contributed by atoms with Gasteiger partial charge in [-0.2, -0.15) is 0 Å². The highest BCUT2D eigenvalue weighted by molar-refractivity contribution is 5.92. The Bertz CT molecular complexity index is 431. The van der Waals surface area contributed by atoms with E-state index in [1.807, 2.05) is 13.0 Å². The first-order chi connectivity index (χ1) is 6.91. The summed E-state index contributed by atoms with van der Waals surface area (Å²) in [4.78, 5) is 10.6. The van der Waals surface area contributed by atoms with Crippen molar-refractivity contribution in [1.82, 2.24) is 0 Å². The Balaban J connectivity index is 3.26. The van der Waals surface area contributed by atoms with Crippen LogP contribution < -0.4 is 0 Å². The third kappa shape index (κ3) is 2.59. The van der Waals surface area contributed by atoms with Crippen LogP contribution in [-0.2, 0) is 4.79 Å². The van der Waals surface area contributed by atoms with Crippen molar-refractivity contribution < 1.29 is 15.0 Å². The summed E-state index contributed by atoms with van der Waals surface area (Å²) in [5.41, 5.74) is 2.50. The molecule has 0 radical (unpaired) electrons. The lowest BCUT2D eigenvalue weighted by molar-refractivity contribution is -0.132. The van der Waals surface area contributed by atoms with Crippen molar-refractivity contribution >= 4 is 12.0 Å². The first-order valence-corrected chi connectivity index (χ1v) is 4.63. The first kappa shape index (κ1) is 11.3. The average molecular weight is 206 g/mol. The number of benzene rings is 1. The number of aryl methyl sites for hydroxylation is 2. The van der Waals surface area contributed by atoms with E-state index >= 15 is 0 Å². The summed E-state index contributed by atoms with van der Waals surface area (Å²) in [6.45, 7) is 5.19. The molecule has 0 saturated carbocycles. The summed E-state index contributed by atoms with van der Waals surface area (Å²) < 4.78 is 0. The predicted molar refractivity (Wildman–Crippen MR) is 58.9 cm³/mol. The lowest BCUT2D eigenvalue weighted by Crippen LogP contribution is -1.96. The molecule has 0 aliphatic heterocycles. The maximum absolute atomic E-state index is 10.6. The average Bonchev–Trinajstić information content (AvgIpc) is 2.13. The van der Waals surface area contributed by atoms with Crippen LogP contribution in [-0.4, -0.2) is 16.2 Å². The number of hydrogen-bond donors (Lipinski definition) is 2. The zero-order valence-electron chi connectivity index (χ0n) is 9.03. The summed E-state index contributed by atoms with van der Waals surface area (Å²) in [5, 5.41) is 18.4. The normalized spacial score (nSPS) is 11.5. The van der Waals surface area contributed by atoms with Crippen molar-refractivity contribution in [2.75, 3.05) is 0 Å². The fraction of sp³-hybridized carbons (Fsp3) is 0.250. The van der Waals surface area contributed by atoms with Crippen LogP contribution in [0.25, 0.3) is 6.08 Å². The van der Waals surface area contributed by atoms with Crippen molar-refractivity contribution in [3.8, 4) is 5.75 Å². The summed E-state index contributed by atoms with van der Waals surface area (Å²) in [6.07, 6.45) is 1.47. The maximum atomic E-state index is 10.6. The smallest absolute Gasteiger partial charge is 0.331 e. The molecule has 0 aromatic heterocycles. The number of phenolic OH excluding ortho intramolecular Hbond substituents is 1. The number of hydrogen-bond acceptors (Lipinski definition) is 2. The van der Waals surface area contributed by atoms with Gasteiger partial charge in [-0.05, 0) is 38.5 Å². The second-order valence-corrected chi connectivity index (χ2v) is 3.65. The molecule has 0 unspecified atom stereocenters. The second kappa shape index (κ2) is 4.17. The minimum absolute atomic E-state index is 0.140. The standard InChI is InChI=1S/C12H14O3/c1-7-4-8(2)11(13)10(5-7)6-9(3)12(14)15/h4-6,13H,1-3H3,(H,14,15). The summed E-state index contributed by atoms with van der Waals surface area (Å²) >= 11 is 0. The molecule has 3 heteroatoms. The quantitative estimate of drug-likeness (QED) is 0.731. The molecule has 0 aliphatic carbocycles. The van der Waals surface area contributed by atoms with Gasteiger partial charge in [-0.15, -0.1) is 0 Å². The van der Waals surface area contributed by atoms with E-state index in [9.17, 15) is 9.90 Å². The van der Waals surface area contributed by atoms with Gasteiger partial charge < -0.3 is 10.2 Å². The monoisotopic (exact) mass is 206 g/mol. The Morgan fingerprint density at radius 3 is 2.47 bits per heavy atom. The number of carboxylic acid groups (broad SMARTS) is 1. The third-order valence-electron chi connectivity index (χ3n) is 2.18. The molecule has 2 N–H and O–H groups in total. The van der Waals surface area contributed by atoms with E-state index in [1.54, 1.807) is 13.0 Å². The van der Waals surface area contributed by atoms with Crippen LogP contribution in [0, 0.1) is 13.8 Å². The van der Waals surface area contributed by atoms with Gasteiger partial charge in [0.2, 0.25) is 0 Å². The molecule has 80 valence electrons. The number of carbonyl (C=O) groups is 1. The first-order valence-electron chi connectivity index (χ1n) is 4.63. The van der Waals surface area contributed by atoms with Gasteiger partial charge in [0.25, 0.3) is 0 Å². The van der Waals surface area contributed by atoms with Crippen LogP contribution in [0.5, 0.6) is 5.75 Å². The molecule has 0 amide bonds. The number of carboxylic acids is 1. The number of phenols is 1. The van der Waals surface area contributed by atoms with Crippen molar-refractivity contribution in [3.63, 3.8) is 0 Å². The van der Waals surface area contributed by atoms with Gasteiger partial charge in [0, 0.05) is 11.1 Å². The highest BCUT2D eigenvalue weighted by atomic mass is 16.4. The second-order valence-electron chi connectivity index (χ2n) is 3.65. The molecule has 0 fully saturated rings. The van der Waals surface area contributed by atoms with E-state index in [2.05, 4.69) is 0 Å². The van der Waals surface area contributed by atoms with E-state index in [4.69, 9.17) is 5.11 Å². The molecule has 0 spiro atoms. The lowest BCUT2D eigenvalue weighted by Gasteiger charge is -2.05. The molecule has 0 heterocycles. The van der Waals surface area contributed by atoms with Gasteiger partial charge in [-0.3, -0.25) is 0 Å². The summed E-state index contributed by atoms with van der Waals surface area (Å²) in [6, 6.07) is 3.61. The lowest BCUT2D eigenvalue weighted by atomic mass is 10.0. The van der Waals surface area contributed by atoms with E-state index in [0.29, 0.717) is 5.56 Å². The van der Waals surface area contributed by atoms with E-state index in [0.717, 1.165) is 11.1 Å². The molecule has 0 saturated heterocycles. The molecule has 0 bridgehead atoms. The minimum atomic E-state index is -0.978. The van der Waals surface area contributed by atoms with Gasteiger partial charge in [-0.25, -0.2) is 4.79 Å². The van der Waals surface area contributed by atoms with Crippen LogP contribution in [0.1, 0.15) is 23.6 Å². The Labute approximate surface area is 88.7 Å². The van der Waals surface area contributed by atoms with Gasteiger partial charge in [-0.1, -0.05) is 11.6 Å². The van der Waals surface area contributed by atoms with Gasteiger partial charge in [0.05, 0.1) is 0 Å². The van der Waals surface area contributed by atoms with Crippen molar-refractivity contribution in [3.05, 3.63) is 34.4 Å². The van der Waals surface area contributed by atoms with Crippen molar-refractivity contribution in [2.24, 2.45) is 0 Å². The Morgan fingerprint density at radius 1 is 1.33 bits per heavy atom. The highest BCUT2D eigenvalue weighted by Crippen LogP contribution is 2.25. The van der Waals surface area contributed by atoms with E-state index in [1.165, 1.54) is 13.0 Å². The van der Waals surface area contributed by atoms with Crippen molar-refractivity contribution in [2.45, 2.75) is 20.8 Å². The molecular formula is C12H14O3. The topological polar surface area (TPSA) is 57.5 Å². The molecule has 1 aromatic rings. The van der Waals surface area contributed by atoms with Gasteiger partial charge in [0.1, 0.15) is 5.75 Å². The SMILES string of the molecule is CC(=Cc1cc(C)cc(C)c1O)C(=O)O. The third-order valence-corrected chi connectivity index (χ3v) is 2.18. The van der Waals surface area contributed by atoms with Gasteiger partial charge in [0.15, 0.2) is 0 Å². The number of rotatable bonds is 2. The molecule has 0 aliphatic rings. The molecule has 15 heavy (non-hydrogen) atoms. The molecule has 1 aromatic carbocycles. The number of aromatic hydroxyl groups is 1. The fourth-order valence-corrected chi connectivity index (χ4v) is 1.40. The van der Waals surface area contributed by atoms with E-state index < -0.39 is 5.97 Å².